The minimum atomic E-state index is 0.197. The van der Waals surface area contributed by atoms with E-state index in [-0.39, 0.29) is 6.79 Å². The smallest absolute Gasteiger partial charge is 0.231 e. The zero-order valence-electron chi connectivity index (χ0n) is 11.4. The molecule has 0 radical (unpaired) electrons. The van der Waals surface area contributed by atoms with Gasteiger partial charge in [0, 0.05) is 6.54 Å². The largest absolute Gasteiger partial charge is 0.454 e. The van der Waals surface area contributed by atoms with Crippen LogP contribution < -0.4 is 14.8 Å². The molecule has 4 nitrogen and oxygen atoms in total. The zero-order chi connectivity index (χ0) is 14.8. The summed E-state index contributed by atoms with van der Waals surface area (Å²) in [5.74, 6) is 1.25. The number of rotatable bonds is 3. The minimum Gasteiger partial charge on any atom is -0.454 e. The molecule has 0 fully saturated rings. The van der Waals surface area contributed by atoms with Gasteiger partial charge in [0.15, 0.2) is 11.5 Å². The Morgan fingerprint density at radius 2 is 2.19 bits per heavy atom. The van der Waals surface area contributed by atoms with Crippen molar-refractivity contribution in [2.45, 2.75) is 13.5 Å². The summed E-state index contributed by atoms with van der Waals surface area (Å²) in [6, 6.07) is 11.7. The number of aryl methyl sites for hydroxylation is 1. The van der Waals surface area contributed by atoms with E-state index in [1.165, 1.54) is 0 Å². The van der Waals surface area contributed by atoms with Crippen LogP contribution in [0.5, 0.6) is 11.5 Å². The van der Waals surface area contributed by atoms with Gasteiger partial charge in [0.2, 0.25) is 6.79 Å². The van der Waals surface area contributed by atoms with Gasteiger partial charge in [0.05, 0.1) is 16.3 Å². The van der Waals surface area contributed by atoms with Gasteiger partial charge < -0.3 is 14.8 Å². The molecule has 0 bridgehead atoms. The molecule has 106 valence electrons. The molecule has 0 amide bonds. The van der Waals surface area contributed by atoms with E-state index in [2.05, 4.69) is 11.4 Å². The van der Waals surface area contributed by atoms with Crippen molar-refractivity contribution in [3.63, 3.8) is 0 Å². The molecule has 2 aromatic carbocycles. The summed E-state index contributed by atoms with van der Waals surface area (Å²) in [6.07, 6.45) is 0. The molecule has 2 aromatic rings. The number of fused-ring (bicyclic) bond motifs is 1. The van der Waals surface area contributed by atoms with Gasteiger partial charge in [-0.2, -0.15) is 5.26 Å². The maximum absolute atomic E-state index is 9.22. The first kappa shape index (κ1) is 13.6. The summed E-state index contributed by atoms with van der Waals surface area (Å²) >= 11 is 6.16. The van der Waals surface area contributed by atoms with Crippen LogP contribution in [-0.4, -0.2) is 6.79 Å². The Kier molecular flexibility index (Phi) is 3.59. The van der Waals surface area contributed by atoms with Crippen LogP contribution in [0.4, 0.5) is 5.69 Å². The van der Waals surface area contributed by atoms with Gasteiger partial charge in [-0.25, -0.2) is 0 Å². The lowest BCUT2D eigenvalue weighted by Gasteiger charge is -2.11. The topological polar surface area (TPSA) is 54.3 Å². The second kappa shape index (κ2) is 5.55. The lowest BCUT2D eigenvalue weighted by molar-refractivity contribution is 0.174. The SMILES string of the molecule is Cc1cccc(NCc2cc(Cl)c3c(c2)OCO3)c1C#N. The lowest BCUT2D eigenvalue weighted by Crippen LogP contribution is -2.02. The monoisotopic (exact) mass is 300 g/mol. The van der Waals surface area contributed by atoms with Gasteiger partial charge >= 0.3 is 0 Å². The number of anilines is 1. The van der Waals surface area contributed by atoms with E-state index in [0.717, 1.165) is 16.8 Å². The van der Waals surface area contributed by atoms with E-state index in [9.17, 15) is 5.26 Å². The van der Waals surface area contributed by atoms with Crippen LogP contribution in [0.15, 0.2) is 30.3 Å². The number of benzene rings is 2. The van der Waals surface area contributed by atoms with Gasteiger partial charge in [-0.3, -0.25) is 0 Å². The fraction of sp³-hybridized carbons (Fsp3) is 0.188. The second-order valence-electron chi connectivity index (χ2n) is 4.77. The molecule has 1 N–H and O–H groups in total. The van der Waals surface area contributed by atoms with E-state index in [0.29, 0.717) is 28.6 Å². The van der Waals surface area contributed by atoms with E-state index < -0.39 is 0 Å². The van der Waals surface area contributed by atoms with Gasteiger partial charge in [-0.1, -0.05) is 23.7 Å². The molecule has 0 aromatic heterocycles. The lowest BCUT2D eigenvalue weighted by atomic mass is 10.1. The second-order valence-corrected chi connectivity index (χ2v) is 5.18. The number of nitrogens with zero attached hydrogens (tertiary/aromatic N) is 1. The van der Waals surface area contributed by atoms with Crippen molar-refractivity contribution in [1.82, 2.24) is 0 Å². The molecule has 1 aliphatic rings. The zero-order valence-corrected chi connectivity index (χ0v) is 12.2. The average molecular weight is 301 g/mol. The molecule has 1 aliphatic heterocycles. The highest BCUT2D eigenvalue weighted by Gasteiger charge is 2.18. The summed E-state index contributed by atoms with van der Waals surface area (Å²) in [5, 5.41) is 13.0. The van der Waals surface area contributed by atoms with Crippen molar-refractivity contribution in [3.05, 3.63) is 52.0 Å². The number of nitrogens with one attached hydrogen (secondary N) is 1. The number of hydrogen-bond acceptors (Lipinski definition) is 4. The first-order valence-electron chi connectivity index (χ1n) is 6.50. The van der Waals surface area contributed by atoms with Crippen LogP contribution in [0.25, 0.3) is 0 Å². The Hall–Kier alpha value is -2.38. The molecule has 0 saturated carbocycles. The number of halogens is 1. The first-order chi connectivity index (χ1) is 10.2. The fourth-order valence-corrected chi connectivity index (χ4v) is 2.57. The summed E-state index contributed by atoms with van der Waals surface area (Å²) in [6.45, 7) is 2.66. The molecule has 5 heteroatoms. The predicted octanol–water partition coefficient (Wildman–Crippen LogP) is 3.86. The van der Waals surface area contributed by atoms with Crippen LogP contribution in [0, 0.1) is 18.3 Å². The maximum Gasteiger partial charge on any atom is 0.231 e. The summed E-state index contributed by atoms with van der Waals surface area (Å²) < 4.78 is 10.6. The minimum absolute atomic E-state index is 0.197. The number of ether oxygens (including phenoxy) is 2. The van der Waals surface area contributed by atoms with Crippen molar-refractivity contribution in [2.24, 2.45) is 0 Å². The summed E-state index contributed by atoms with van der Waals surface area (Å²) in [7, 11) is 0. The molecule has 0 atom stereocenters. The normalized spacial score (nSPS) is 12.0. The van der Waals surface area contributed by atoms with E-state index in [4.69, 9.17) is 21.1 Å². The molecule has 0 spiro atoms. The van der Waals surface area contributed by atoms with Crippen LogP contribution in [0.3, 0.4) is 0 Å². The Balaban J connectivity index is 1.82. The maximum atomic E-state index is 9.22. The van der Waals surface area contributed by atoms with Crippen molar-refractivity contribution in [2.75, 3.05) is 12.1 Å². The molecule has 0 unspecified atom stereocenters. The van der Waals surface area contributed by atoms with Crippen molar-refractivity contribution in [1.29, 1.82) is 5.26 Å². The molecule has 3 rings (SSSR count). The fourth-order valence-electron chi connectivity index (χ4n) is 2.28. The van der Waals surface area contributed by atoms with Crippen molar-refractivity contribution in [3.8, 4) is 17.6 Å². The third-order valence-corrected chi connectivity index (χ3v) is 3.64. The Bertz CT molecular complexity index is 738. The molecule has 1 heterocycles. The quantitative estimate of drug-likeness (QED) is 0.935. The van der Waals surface area contributed by atoms with Gasteiger partial charge in [0.25, 0.3) is 0 Å². The highest BCUT2D eigenvalue weighted by molar-refractivity contribution is 6.32. The molecule has 21 heavy (non-hydrogen) atoms. The predicted molar refractivity (Wildman–Crippen MR) is 80.8 cm³/mol. The molecular weight excluding hydrogens is 288 g/mol. The Morgan fingerprint density at radius 3 is 3.00 bits per heavy atom. The Morgan fingerprint density at radius 1 is 1.33 bits per heavy atom. The summed E-state index contributed by atoms with van der Waals surface area (Å²) in [4.78, 5) is 0. The van der Waals surface area contributed by atoms with Crippen LogP contribution >= 0.6 is 11.6 Å². The molecule has 0 aliphatic carbocycles. The first-order valence-corrected chi connectivity index (χ1v) is 6.88. The van der Waals surface area contributed by atoms with E-state index >= 15 is 0 Å². The van der Waals surface area contributed by atoms with Gasteiger partial charge in [-0.05, 0) is 36.2 Å². The van der Waals surface area contributed by atoms with Gasteiger partial charge in [-0.15, -0.1) is 0 Å². The number of hydrogen-bond donors (Lipinski definition) is 1. The van der Waals surface area contributed by atoms with Crippen LogP contribution in [0.1, 0.15) is 16.7 Å². The Labute approximate surface area is 127 Å². The van der Waals surface area contributed by atoms with E-state index in [1.54, 1.807) is 0 Å². The highest BCUT2D eigenvalue weighted by Crippen LogP contribution is 2.39. The number of nitriles is 1. The highest BCUT2D eigenvalue weighted by atomic mass is 35.5. The van der Waals surface area contributed by atoms with Crippen molar-refractivity contribution >= 4 is 17.3 Å². The third kappa shape index (κ3) is 2.61. The summed E-state index contributed by atoms with van der Waals surface area (Å²) in [5.41, 5.74) is 3.39. The van der Waals surface area contributed by atoms with E-state index in [1.807, 2.05) is 37.3 Å². The van der Waals surface area contributed by atoms with Crippen molar-refractivity contribution < 1.29 is 9.47 Å². The molecule has 0 saturated heterocycles. The van der Waals surface area contributed by atoms with Crippen LogP contribution in [-0.2, 0) is 6.54 Å². The van der Waals surface area contributed by atoms with Gasteiger partial charge in [0.1, 0.15) is 6.07 Å². The standard InChI is InChI=1S/C16H13ClN2O2/c1-10-3-2-4-14(12(10)7-18)19-8-11-5-13(17)16-15(6-11)20-9-21-16/h2-6,19H,8-9H2,1H3. The average Bonchev–Trinajstić information content (AvgIpc) is 2.94. The molecular formula is C16H13ClN2O2. The van der Waals surface area contributed by atoms with Crippen LogP contribution in [0.2, 0.25) is 5.02 Å². The third-order valence-electron chi connectivity index (χ3n) is 3.35.